The van der Waals surface area contributed by atoms with Crippen molar-refractivity contribution in [3.63, 3.8) is 0 Å². The monoisotopic (exact) mass is 375 g/mol. The van der Waals surface area contributed by atoms with Crippen LogP contribution in [0.4, 0.5) is 0 Å². The second-order valence-corrected chi connectivity index (χ2v) is 6.55. The Hall–Kier alpha value is -2.40. The second kappa shape index (κ2) is 8.81. The Labute approximate surface area is 158 Å². The van der Waals surface area contributed by atoms with Crippen molar-refractivity contribution >= 4 is 17.5 Å². The van der Waals surface area contributed by atoms with Crippen LogP contribution in [0.15, 0.2) is 48.5 Å². The fourth-order valence-electron chi connectivity index (χ4n) is 2.67. The number of benzene rings is 2. The summed E-state index contributed by atoms with van der Waals surface area (Å²) in [6.07, 6.45) is 0.676. The van der Waals surface area contributed by atoms with E-state index in [4.69, 9.17) is 25.8 Å². The first-order valence-corrected chi connectivity index (χ1v) is 9.10. The highest BCUT2D eigenvalue weighted by atomic mass is 35.5. The molecular weight excluding hydrogens is 354 g/mol. The van der Waals surface area contributed by atoms with Crippen molar-refractivity contribution in [3.8, 4) is 17.2 Å². The molecule has 1 amide bonds. The molecule has 2 aromatic rings. The number of halogens is 1. The number of rotatable bonds is 7. The van der Waals surface area contributed by atoms with Gasteiger partial charge in [0, 0.05) is 11.6 Å². The molecule has 2 atom stereocenters. The first kappa shape index (κ1) is 18.4. The van der Waals surface area contributed by atoms with Gasteiger partial charge in [-0.25, -0.2) is 0 Å². The van der Waals surface area contributed by atoms with E-state index in [2.05, 4.69) is 5.32 Å². The van der Waals surface area contributed by atoms with Crippen LogP contribution in [0.1, 0.15) is 19.8 Å². The van der Waals surface area contributed by atoms with E-state index in [1.54, 1.807) is 18.2 Å². The van der Waals surface area contributed by atoms with Crippen LogP contribution in [0.5, 0.6) is 17.2 Å². The maximum absolute atomic E-state index is 12.3. The number of hydrogen-bond donors (Lipinski definition) is 1. The normalized spacial score (nSPS) is 18.2. The molecular formula is C20H22ClNO4. The summed E-state index contributed by atoms with van der Waals surface area (Å²) in [5, 5.41) is 3.59. The van der Waals surface area contributed by atoms with Crippen LogP contribution in [0.25, 0.3) is 0 Å². The largest absolute Gasteiger partial charge is 0.494 e. The summed E-state index contributed by atoms with van der Waals surface area (Å²) in [7, 11) is 0. The third-order valence-corrected chi connectivity index (χ3v) is 4.31. The molecule has 0 saturated heterocycles. The molecule has 0 fully saturated rings. The summed E-state index contributed by atoms with van der Waals surface area (Å²) in [6, 6.07) is 14.6. The molecule has 1 aliphatic heterocycles. The van der Waals surface area contributed by atoms with Crippen LogP contribution in [-0.2, 0) is 4.79 Å². The zero-order valence-corrected chi connectivity index (χ0v) is 15.4. The minimum absolute atomic E-state index is 0.161. The van der Waals surface area contributed by atoms with Crippen LogP contribution in [-0.4, -0.2) is 31.3 Å². The zero-order valence-electron chi connectivity index (χ0n) is 14.6. The van der Waals surface area contributed by atoms with E-state index in [9.17, 15) is 4.79 Å². The minimum Gasteiger partial charge on any atom is -0.494 e. The summed E-state index contributed by atoms with van der Waals surface area (Å²) >= 11 is 5.83. The molecule has 0 spiro atoms. The predicted molar refractivity (Wildman–Crippen MR) is 100 cm³/mol. The Balaban J connectivity index is 1.36. The number of nitrogens with one attached hydrogen (secondary N) is 1. The van der Waals surface area contributed by atoms with Crippen molar-refractivity contribution in [2.75, 3.05) is 13.2 Å². The maximum Gasteiger partial charge on any atom is 0.265 e. The van der Waals surface area contributed by atoms with E-state index < -0.39 is 6.10 Å². The molecule has 1 heterocycles. The fraction of sp³-hybridized carbons (Fsp3) is 0.350. The summed E-state index contributed by atoms with van der Waals surface area (Å²) in [4.78, 5) is 12.3. The molecule has 5 nitrogen and oxygen atoms in total. The zero-order chi connectivity index (χ0) is 18.4. The van der Waals surface area contributed by atoms with Gasteiger partial charge in [-0.3, -0.25) is 4.79 Å². The van der Waals surface area contributed by atoms with E-state index in [-0.39, 0.29) is 12.0 Å². The lowest BCUT2D eigenvalue weighted by Gasteiger charge is -2.31. The highest BCUT2D eigenvalue weighted by Gasteiger charge is 2.33. The average Bonchev–Trinajstić information content (AvgIpc) is 2.65. The molecule has 2 aromatic carbocycles. The van der Waals surface area contributed by atoms with Gasteiger partial charge in [0.15, 0.2) is 11.5 Å². The van der Waals surface area contributed by atoms with E-state index in [0.717, 1.165) is 18.6 Å². The highest BCUT2D eigenvalue weighted by molar-refractivity contribution is 6.30. The van der Waals surface area contributed by atoms with E-state index >= 15 is 0 Å². The standard InChI is InChI=1S/C20H22ClNO4/c1-14-19(26-18-7-3-2-6-17(18)25-14)20(23)22-12-4-5-13-24-16-10-8-15(21)9-11-16/h2-3,6-11,14,19H,4-5,12-13H2,1H3,(H,22,23). The Kier molecular flexibility index (Phi) is 6.23. The van der Waals surface area contributed by atoms with Gasteiger partial charge in [0.25, 0.3) is 5.91 Å². The van der Waals surface area contributed by atoms with Gasteiger partial charge in [0.2, 0.25) is 6.10 Å². The van der Waals surface area contributed by atoms with Crippen LogP contribution in [0, 0.1) is 0 Å². The Bertz CT molecular complexity index is 735. The first-order chi connectivity index (χ1) is 12.6. The molecule has 0 aromatic heterocycles. The first-order valence-electron chi connectivity index (χ1n) is 8.72. The molecule has 2 unspecified atom stereocenters. The van der Waals surface area contributed by atoms with Crippen LogP contribution >= 0.6 is 11.6 Å². The lowest BCUT2D eigenvalue weighted by molar-refractivity contribution is -0.133. The number of ether oxygens (including phenoxy) is 3. The fourth-order valence-corrected chi connectivity index (χ4v) is 2.79. The third-order valence-electron chi connectivity index (χ3n) is 4.05. The molecule has 0 aliphatic carbocycles. The van der Waals surface area contributed by atoms with Gasteiger partial charge in [-0.05, 0) is 56.2 Å². The Morgan fingerprint density at radius 2 is 1.77 bits per heavy atom. The molecule has 138 valence electrons. The SMILES string of the molecule is CC1Oc2ccccc2OC1C(=O)NCCCCOc1ccc(Cl)cc1. The molecule has 26 heavy (non-hydrogen) atoms. The van der Waals surface area contributed by atoms with Crippen LogP contribution in [0.3, 0.4) is 0 Å². The van der Waals surface area contributed by atoms with Crippen molar-refractivity contribution in [2.45, 2.75) is 32.0 Å². The number of para-hydroxylation sites is 2. The van der Waals surface area contributed by atoms with Crippen molar-refractivity contribution in [1.82, 2.24) is 5.32 Å². The van der Waals surface area contributed by atoms with Crippen LogP contribution in [0.2, 0.25) is 5.02 Å². The number of unbranched alkanes of at least 4 members (excludes halogenated alkanes) is 1. The summed E-state index contributed by atoms with van der Waals surface area (Å²) < 4.78 is 17.2. The number of amides is 1. The molecule has 0 radical (unpaired) electrons. The molecule has 0 saturated carbocycles. The molecule has 1 N–H and O–H groups in total. The van der Waals surface area contributed by atoms with Gasteiger partial charge >= 0.3 is 0 Å². The number of carbonyl (C=O) groups is 1. The summed E-state index contributed by atoms with van der Waals surface area (Å²) in [6.45, 7) is 2.99. The van der Waals surface area contributed by atoms with Crippen molar-refractivity contribution < 1.29 is 19.0 Å². The predicted octanol–water partition coefficient (Wildman–Crippen LogP) is 3.84. The van der Waals surface area contributed by atoms with Gasteiger partial charge in [-0.1, -0.05) is 23.7 Å². The van der Waals surface area contributed by atoms with Gasteiger partial charge in [-0.2, -0.15) is 0 Å². The smallest absolute Gasteiger partial charge is 0.265 e. The van der Waals surface area contributed by atoms with Gasteiger partial charge in [0.1, 0.15) is 11.9 Å². The van der Waals surface area contributed by atoms with E-state index in [1.807, 2.05) is 37.3 Å². The number of hydrogen-bond acceptors (Lipinski definition) is 4. The minimum atomic E-state index is -0.643. The Morgan fingerprint density at radius 1 is 1.08 bits per heavy atom. The molecule has 0 bridgehead atoms. The Morgan fingerprint density at radius 3 is 2.50 bits per heavy atom. The average molecular weight is 376 g/mol. The third kappa shape index (κ3) is 4.82. The van der Waals surface area contributed by atoms with E-state index in [1.165, 1.54) is 0 Å². The van der Waals surface area contributed by atoms with Gasteiger partial charge in [0.05, 0.1) is 6.61 Å². The highest BCUT2D eigenvalue weighted by Crippen LogP contribution is 2.33. The maximum atomic E-state index is 12.3. The molecule has 1 aliphatic rings. The lowest BCUT2D eigenvalue weighted by Crippen LogP contribution is -2.49. The van der Waals surface area contributed by atoms with Gasteiger partial charge in [-0.15, -0.1) is 0 Å². The quantitative estimate of drug-likeness (QED) is 0.747. The number of carbonyl (C=O) groups excluding carboxylic acids is 1. The number of fused-ring (bicyclic) bond motifs is 1. The van der Waals surface area contributed by atoms with Crippen molar-refractivity contribution in [3.05, 3.63) is 53.6 Å². The second-order valence-electron chi connectivity index (χ2n) is 6.11. The van der Waals surface area contributed by atoms with E-state index in [0.29, 0.717) is 29.7 Å². The topological polar surface area (TPSA) is 56.8 Å². The van der Waals surface area contributed by atoms with Gasteiger partial charge < -0.3 is 19.5 Å². The summed E-state index contributed by atoms with van der Waals surface area (Å²) in [5.41, 5.74) is 0. The molecule has 6 heteroatoms. The summed E-state index contributed by atoms with van der Waals surface area (Å²) in [5.74, 6) is 1.90. The van der Waals surface area contributed by atoms with Crippen molar-refractivity contribution in [1.29, 1.82) is 0 Å². The lowest BCUT2D eigenvalue weighted by atomic mass is 10.1. The van der Waals surface area contributed by atoms with Crippen molar-refractivity contribution in [2.24, 2.45) is 0 Å². The molecule has 3 rings (SSSR count). The van der Waals surface area contributed by atoms with Crippen LogP contribution < -0.4 is 19.5 Å².